The van der Waals surface area contributed by atoms with Crippen LogP contribution in [0.2, 0.25) is 10.0 Å². The van der Waals surface area contributed by atoms with Crippen LogP contribution in [-0.2, 0) is 19.1 Å². The first-order valence-electron chi connectivity index (χ1n) is 8.62. The summed E-state index contributed by atoms with van der Waals surface area (Å²) in [6, 6.07) is 12.3. The number of halogens is 2. The van der Waals surface area contributed by atoms with Gasteiger partial charge in [-0.15, -0.1) is 0 Å². The summed E-state index contributed by atoms with van der Waals surface area (Å²) >= 11 is 11.9. The number of carbonyl (C=O) groups is 3. The van der Waals surface area contributed by atoms with Gasteiger partial charge in [0.1, 0.15) is 0 Å². The molecule has 0 aliphatic carbocycles. The molecule has 1 aliphatic rings. The number of amides is 2. The van der Waals surface area contributed by atoms with E-state index in [2.05, 4.69) is 5.32 Å². The molecule has 1 fully saturated rings. The number of hydrogen-bond donors (Lipinski definition) is 1. The first-order valence-corrected chi connectivity index (χ1v) is 9.38. The van der Waals surface area contributed by atoms with Gasteiger partial charge in [-0.05, 0) is 31.2 Å². The van der Waals surface area contributed by atoms with E-state index in [9.17, 15) is 14.4 Å². The van der Waals surface area contributed by atoms with Crippen LogP contribution in [0.1, 0.15) is 12.0 Å². The fraction of sp³-hybridized carbons (Fsp3) is 0.250. The molecule has 2 aromatic carbocycles. The average Bonchev–Trinajstić information content (AvgIpc) is 3.06. The van der Waals surface area contributed by atoms with E-state index >= 15 is 0 Å². The van der Waals surface area contributed by atoms with Crippen LogP contribution >= 0.6 is 23.2 Å². The molecular formula is C20H18Cl2N2O4. The highest BCUT2D eigenvalue weighted by Gasteiger charge is 2.36. The predicted molar refractivity (Wildman–Crippen MR) is 108 cm³/mol. The molecule has 8 heteroatoms. The van der Waals surface area contributed by atoms with Gasteiger partial charge in [-0.3, -0.25) is 14.4 Å². The van der Waals surface area contributed by atoms with Crippen LogP contribution in [0.5, 0.6) is 0 Å². The summed E-state index contributed by atoms with van der Waals surface area (Å²) < 4.78 is 5.08. The number of rotatable bonds is 5. The quantitative estimate of drug-likeness (QED) is 0.745. The smallest absolute Gasteiger partial charge is 0.311 e. The van der Waals surface area contributed by atoms with Crippen molar-refractivity contribution in [1.29, 1.82) is 0 Å². The Morgan fingerprint density at radius 2 is 1.89 bits per heavy atom. The Balaban J connectivity index is 1.53. The number of ether oxygens (including phenoxy) is 1. The number of esters is 1. The van der Waals surface area contributed by atoms with Crippen LogP contribution in [0.3, 0.4) is 0 Å². The van der Waals surface area contributed by atoms with Crippen LogP contribution < -0.4 is 10.2 Å². The van der Waals surface area contributed by atoms with Gasteiger partial charge >= 0.3 is 5.97 Å². The van der Waals surface area contributed by atoms with E-state index in [0.29, 0.717) is 10.7 Å². The van der Waals surface area contributed by atoms with Crippen LogP contribution in [0.25, 0.3) is 0 Å². The molecule has 0 spiro atoms. The molecule has 6 nitrogen and oxygen atoms in total. The van der Waals surface area contributed by atoms with E-state index in [4.69, 9.17) is 27.9 Å². The molecule has 2 amide bonds. The van der Waals surface area contributed by atoms with Crippen molar-refractivity contribution in [3.63, 3.8) is 0 Å². The normalized spacial score (nSPS) is 16.2. The number of hydrogen-bond acceptors (Lipinski definition) is 4. The van der Waals surface area contributed by atoms with Crippen LogP contribution in [-0.4, -0.2) is 30.9 Å². The topological polar surface area (TPSA) is 75.7 Å². The van der Waals surface area contributed by atoms with Crippen molar-refractivity contribution >= 4 is 52.4 Å². The Labute approximate surface area is 172 Å². The van der Waals surface area contributed by atoms with Crippen molar-refractivity contribution in [3.05, 3.63) is 58.1 Å². The van der Waals surface area contributed by atoms with Gasteiger partial charge in [-0.2, -0.15) is 0 Å². The molecule has 2 aromatic rings. The minimum atomic E-state index is -0.614. The van der Waals surface area contributed by atoms with E-state index in [1.807, 2.05) is 31.2 Å². The molecular weight excluding hydrogens is 403 g/mol. The lowest BCUT2D eigenvalue weighted by Gasteiger charge is -2.16. The maximum Gasteiger partial charge on any atom is 0.311 e. The second kappa shape index (κ2) is 8.63. The summed E-state index contributed by atoms with van der Waals surface area (Å²) in [5, 5.41) is 3.05. The number of anilines is 2. The van der Waals surface area contributed by atoms with Gasteiger partial charge in [0.15, 0.2) is 6.61 Å². The second-order valence-electron chi connectivity index (χ2n) is 6.50. The zero-order chi connectivity index (χ0) is 20.3. The minimum absolute atomic E-state index is 0.0500. The van der Waals surface area contributed by atoms with Crippen molar-refractivity contribution in [3.8, 4) is 0 Å². The van der Waals surface area contributed by atoms with Crippen molar-refractivity contribution < 1.29 is 19.1 Å². The maximum atomic E-state index is 12.3. The Hall–Kier alpha value is -2.57. The number of nitrogens with zero attached hydrogens (tertiary/aromatic N) is 1. The summed E-state index contributed by atoms with van der Waals surface area (Å²) in [5.74, 6) is -1.90. The number of carbonyl (C=O) groups excluding carboxylic acids is 3. The molecule has 1 saturated heterocycles. The third-order valence-corrected chi connectivity index (χ3v) is 5.19. The SMILES string of the molecule is Cc1ccc(N2C[C@@H](C(=O)OCC(=O)Nc3cccc(Cl)c3Cl)CC2=O)cc1. The van der Waals surface area contributed by atoms with Crippen molar-refractivity contribution in [1.82, 2.24) is 0 Å². The van der Waals surface area contributed by atoms with Crippen molar-refractivity contribution in [2.24, 2.45) is 5.92 Å². The third-order valence-electron chi connectivity index (χ3n) is 4.38. The van der Waals surface area contributed by atoms with Crippen LogP contribution in [0.4, 0.5) is 11.4 Å². The van der Waals surface area contributed by atoms with Gasteiger partial charge in [0.25, 0.3) is 5.91 Å². The number of nitrogens with one attached hydrogen (secondary N) is 1. The average molecular weight is 421 g/mol. The van der Waals surface area contributed by atoms with E-state index in [1.54, 1.807) is 23.1 Å². The summed E-state index contributed by atoms with van der Waals surface area (Å²) in [4.78, 5) is 38.1. The van der Waals surface area contributed by atoms with Gasteiger partial charge in [-0.25, -0.2) is 0 Å². The largest absolute Gasteiger partial charge is 0.455 e. The highest BCUT2D eigenvalue weighted by atomic mass is 35.5. The van der Waals surface area contributed by atoms with E-state index in [-0.39, 0.29) is 23.9 Å². The van der Waals surface area contributed by atoms with Crippen molar-refractivity contribution in [2.45, 2.75) is 13.3 Å². The fourth-order valence-electron chi connectivity index (χ4n) is 2.88. The molecule has 0 bridgehead atoms. The molecule has 0 aromatic heterocycles. The molecule has 0 saturated carbocycles. The number of benzene rings is 2. The Morgan fingerprint density at radius 3 is 2.61 bits per heavy atom. The Kier molecular flexibility index (Phi) is 6.21. The molecule has 0 radical (unpaired) electrons. The first-order chi connectivity index (χ1) is 13.3. The van der Waals surface area contributed by atoms with E-state index in [1.165, 1.54) is 0 Å². The standard InChI is InChI=1S/C20H18Cl2N2O4/c1-12-5-7-14(8-6-12)24-10-13(9-18(24)26)20(27)28-11-17(25)23-16-4-2-3-15(21)19(16)22/h2-8,13H,9-11H2,1H3,(H,23,25)/t13-/m0/s1. The van der Waals surface area contributed by atoms with Gasteiger partial charge in [0.2, 0.25) is 5.91 Å². The Morgan fingerprint density at radius 1 is 1.18 bits per heavy atom. The van der Waals surface area contributed by atoms with Gasteiger partial charge < -0.3 is 15.0 Å². The van der Waals surface area contributed by atoms with Gasteiger partial charge in [0, 0.05) is 18.7 Å². The molecule has 1 N–H and O–H groups in total. The molecule has 1 aliphatic heterocycles. The van der Waals surface area contributed by atoms with Crippen LogP contribution in [0.15, 0.2) is 42.5 Å². The monoisotopic (exact) mass is 420 g/mol. The molecule has 1 atom stereocenters. The van der Waals surface area contributed by atoms with Crippen molar-refractivity contribution in [2.75, 3.05) is 23.4 Å². The predicted octanol–water partition coefficient (Wildman–Crippen LogP) is 3.84. The summed E-state index contributed by atoms with van der Waals surface area (Å²) in [6.45, 7) is 1.71. The van der Waals surface area contributed by atoms with E-state index < -0.39 is 24.4 Å². The molecule has 146 valence electrons. The second-order valence-corrected chi connectivity index (χ2v) is 7.28. The summed E-state index contributed by atoms with van der Waals surface area (Å²) in [6.07, 6.45) is 0.0500. The minimum Gasteiger partial charge on any atom is -0.455 e. The molecule has 28 heavy (non-hydrogen) atoms. The molecule has 1 heterocycles. The third kappa shape index (κ3) is 4.64. The summed E-state index contributed by atoms with van der Waals surface area (Å²) in [5.41, 5.74) is 2.15. The van der Waals surface area contributed by atoms with Gasteiger partial charge in [-0.1, -0.05) is 47.0 Å². The fourth-order valence-corrected chi connectivity index (χ4v) is 3.23. The molecule has 3 rings (SSSR count). The lowest BCUT2D eigenvalue weighted by atomic mass is 10.1. The molecule has 0 unspecified atom stereocenters. The van der Waals surface area contributed by atoms with Crippen LogP contribution in [0, 0.1) is 12.8 Å². The van der Waals surface area contributed by atoms with E-state index in [0.717, 1.165) is 11.3 Å². The Bertz CT molecular complexity index is 915. The maximum absolute atomic E-state index is 12.3. The first kappa shape index (κ1) is 20.2. The lowest BCUT2D eigenvalue weighted by Crippen LogP contribution is -2.28. The highest BCUT2D eigenvalue weighted by Crippen LogP contribution is 2.29. The van der Waals surface area contributed by atoms with Gasteiger partial charge in [0.05, 0.1) is 21.7 Å². The number of aryl methyl sites for hydroxylation is 1. The highest BCUT2D eigenvalue weighted by molar-refractivity contribution is 6.44. The zero-order valence-corrected chi connectivity index (χ0v) is 16.6. The zero-order valence-electron chi connectivity index (χ0n) is 15.1. The lowest BCUT2D eigenvalue weighted by molar-refractivity contribution is -0.151. The summed E-state index contributed by atoms with van der Waals surface area (Å²) in [7, 11) is 0.